The van der Waals surface area contributed by atoms with Crippen LogP contribution in [0.15, 0.2) is 54.6 Å². The monoisotopic (exact) mass is 469 g/mol. The van der Waals surface area contributed by atoms with Crippen LogP contribution in [0.4, 0.5) is 0 Å². The standard InChI is InChI=1S/C22H32NO2.HI/c1-5-6-17-24-21-15-11-10-14-20(21)22(19-12-8-7-9-13-19)25-18-16-23(2,3)4;/h7-15,22H,5-6,16-18H2,1-4H3;1H/q+1;/p-1. The smallest absolute Gasteiger partial charge is 0.125 e. The van der Waals surface area contributed by atoms with Crippen molar-refractivity contribution in [1.29, 1.82) is 0 Å². The van der Waals surface area contributed by atoms with Gasteiger partial charge in [0.25, 0.3) is 0 Å². The number of halogens is 1. The molecule has 0 aliphatic heterocycles. The fourth-order valence-corrected chi connectivity index (χ4v) is 2.59. The van der Waals surface area contributed by atoms with Gasteiger partial charge < -0.3 is 37.9 Å². The summed E-state index contributed by atoms with van der Waals surface area (Å²) in [5.74, 6) is 0.926. The lowest BCUT2D eigenvalue weighted by atomic mass is 10.0. The van der Waals surface area contributed by atoms with Gasteiger partial charge in [0.15, 0.2) is 0 Å². The van der Waals surface area contributed by atoms with E-state index in [1.165, 1.54) is 0 Å². The number of para-hydroxylation sites is 1. The van der Waals surface area contributed by atoms with Crippen molar-refractivity contribution in [2.75, 3.05) is 40.9 Å². The zero-order chi connectivity index (χ0) is 18.1. The molecule has 0 fully saturated rings. The molecule has 0 aliphatic rings. The molecule has 1 atom stereocenters. The topological polar surface area (TPSA) is 18.5 Å². The second-order valence-corrected chi connectivity index (χ2v) is 7.42. The number of nitrogens with zero attached hydrogens (tertiary/aromatic N) is 1. The predicted molar refractivity (Wildman–Crippen MR) is 104 cm³/mol. The van der Waals surface area contributed by atoms with Crippen molar-refractivity contribution >= 4 is 0 Å². The Morgan fingerprint density at radius 1 is 0.885 bits per heavy atom. The molecule has 26 heavy (non-hydrogen) atoms. The van der Waals surface area contributed by atoms with Crippen LogP contribution in [0.3, 0.4) is 0 Å². The predicted octanol–water partition coefficient (Wildman–Crippen LogP) is 1.68. The minimum Gasteiger partial charge on any atom is -1.00 e. The van der Waals surface area contributed by atoms with Gasteiger partial charge in [0.05, 0.1) is 34.4 Å². The van der Waals surface area contributed by atoms with E-state index in [-0.39, 0.29) is 30.1 Å². The van der Waals surface area contributed by atoms with E-state index in [2.05, 4.69) is 64.5 Å². The number of benzene rings is 2. The van der Waals surface area contributed by atoms with Crippen molar-refractivity contribution < 1.29 is 37.9 Å². The number of unbranched alkanes of at least 4 members (excludes halogenated alkanes) is 1. The van der Waals surface area contributed by atoms with Crippen molar-refractivity contribution in [3.63, 3.8) is 0 Å². The van der Waals surface area contributed by atoms with Gasteiger partial charge in [-0.15, -0.1) is 0 Å². The van der Waals surface area contributed by atoms with E-state index in [1.54, 1.807) is 0 Å². The van der Waals surface area contributed by atoms with Gasteiger partial charge in [-0.25, -0.2) is 0 Å². The molecule has 2 aromatic carbocycles. The molecule has 0 saturated carbocycles. The molecule has 1 unspecified atom stereocenters. The van der Waals surface area contributed by atoms with E-state index in [0.717, 1.165) is 47.4 Å². The summed E-state index contributed by atoms with van der Waals surface area (Å²) >= 11 is 0. The van der Waals surface area contributed by atoms with Gasteiger partial charge in [0.2, 0.25) is 0 Å². The largest absolute Gasteiger partial charge is 1.00 e. The third-order valence-electron chi connectivity index (χ3n) is 4.11. The van der Waals surface area contributed by atoms with Crippen LogP contribution in [0.2, 0.25) is 0 Å². The molecule has 0 aromatic heterocycles. The second kappa shape index (κ2) is 11.6. The zero-order valence-corrected chi connectivity index (χ0v) is 18.6. The molecule has 2 rings (SSSR count). The van der Waals surface area contributed by atoms with Gasteiger partial charge in [-0.1, -0.05) is 61.9 Å². The van der Waals surface area contributed by atoms with E-state index in [1.807, 2.05) is 18.2 Å². The first-order chi connectivity index (χ1) is 12.0. The number of likely N-dealkylation sites (N-methyl/N-ethyl adjacent to an activating group) is 1. The Morgan fingerprint density at radius 3 is 2.19 bits per heavy atom. The summed E-state index contributed by atoms with van der Waals surface area (Å²) in [4.78, 5) is 0. The summed E-state index contributed by atoms with van der Waals surface area (Å²) in [6.07, 6.45) is 2.09. The van der Waals surface area contributed by atoms with Crippen molar-refractivity contribution in [2.45, 2.75) is 25.9 Å². The highest BCUT2D eigenvalue weighted by atomic mass is 127. The SMILES string of the molecule is CCCCOc1ccccc1C(OCC[N+](C)(C)C)c1ccccc1.[I-]. The zero-order valence-electron chi connectivity index (χ0n) is 16.5. The average Bonchev–Trinajstić information content (AvgIpc) is 2.60. The van der Waals surface area contributed by atoms with Gasteiger partial charge in [0, 0.05) is 5.56 Å². The molecule has 0 heterocycles. The number of ether oxygens (including phenoxy) is 2. The van der Waals surface area contributed by atoms with Gasteiger partial charge in [-0.2, -0.15) is 0 Å². The van der Waals surface area contributed by atoms with Crippen LogP contribution in [0.5, 0.6) is 5.75 Å². The van der Waals surface area contributed by atoms with E-state index >= 15 is 0 Å². The minimum absolute atomic E-state index is 0. The van der Waals surface area contributed by atoms with Crippen LogP contribution >= 0.6 is 0 Å². The maximum atomic E-state index is 6.34. The highest BCUT2D eigenvalue weighted by molar-refractivity contribution is 5.40. The fourth-order valence-electron chi connectivity index (χ4n) is 2.59. The van der Waals surface area contributed by atoms with Gasteiger partial charge in [-0.05, 0) is 18.1 Å². The van der Waals surface area contributed by atoms with Crippen LogP contribution in [0, 0.1) is 0 Å². The van der Waals surface area contributed by atoms with Crippen molar-refractivity contribution in [3.05, 3.63) is 65.7 Å². The molecule has 0 radical (unpaired) electrons. The fraction of sp³-hybridized carbons (Fsp3) is 0.455. The van der Waals surface area contributed by atoms with E-state index in [4.69, 9.17) is 9.47 Å². The Balaban J connectivity index is 0.00000338. The van der Waals surface area contributed by atoms with Gasteiger partial charge in [0.1, 0.15) is 18.4 Å². The van der Waals surface area contributed by atoms with E-state index < -0.39 is 0 Å². The van der Waals surface area contributed by atoms with Crippen molar-refractivity contribution in [2.24, 2.45) is 0 Å². The maximum absolute atomic E-state index is 6.34. The van der Waals surface area contributed by atoms with Crippen LogP contribution < -0.4 is 28.7 Å². The van der Waals surface area contributed by atoms with Crippen LogP contribution in [-0.2, 0) is 4.74 Å². The van der Waals surface area contributed by atoms with Gasteiger partial charge >= 0.3 is 0 Å². The summed E-state index contributed by atoms with van der Waals surface area (Å²) in [5.41, 5.74) is 2.27. The van der Waals surface area contributed by atoms with E-state index in [0.29, 0.717) is 6.61 Å². The first-order valence-electron chi connectivity index (χ1n) is 9.20. The molecular weight excluding hydrogens is 437 g/mol. The Kier molecular flexibility index (Phi) is 10.2. The van der Waals surface area contributed by atoms with Gasteiger partial charge in [-0.3, -0.25) is 0 Å². The molecule has 0 N–H and O–H groups in total. The summed E-state index contributed by atoms with van der Waals surface area (Å²) in [5, 5.41) is 0. The molecule has 0 bridgehead atoms. The summed E-state index contributed by atoms with van der Waals surface area (Å²) in [7, 11) is 6.55. The number of quaternary nitrogens is 1. The van der Waals surface area contributed by atoms with Crippen molar-refractivity contribution in [1.82, 2.24) is 0 Å². The Labute approximate surface area is 175 Å². The summed E-state index contributed by atoms with van der Waals surface area (Å²) in [6, 6.07) is 18.7. The first kappa shape index (κ1) is 22.9. The average molecular weight is 469 g/mol. The molecule has 0 aliphatic carbocycles. The Bertz CT molecular complexity index is 626. The highest BCUT2D eigenvalue weighted by Gasteiger charge is 2.20. The lowest BCUT2D eigenvalue weighted by molar-refractivity contribution is -0.870. The van der Waals surface area contributed by atoms with Crippen LogP contribution in [0.25, 0.3) is 0 Å². The Morgan fingerprint density at radius 2 is 1.54 bits per heavy atom. The minimum atomic E-state index is -0.106. The summed E-state index contributed by atoms with van der Waals surface area (Å²) < 4.78 is 13.3. The molecule has 0 saturated heterocycles. The molecule has 0 amide bonds. The summed E-state index contributed by atoms with van der Waals surface area (Å²) in [6.45, 7) is 4.58. The van der Waals surface area contributed by atoms with Crippen LogP contribution in [0.1, 0.15) is 37.0 Å². The lowest BCUT2D eigenvalue weighted by Gasteiger charge is -2.26. The Hall–Kier alpha value is -1.11. The molecule has 144 valence electrons. The third-order valence-corrected chi connectivity index (χ3v) is 4.11. The number of hydrogen-bond acceptors (Lipinski definition) is 2. The molecular formula is C22H32INO2. The highest BCUT2D eigenvalue weighted by Crippen LogP contribution is 2.33. The second-order valence-electron chi connectivity index (χ2n) is 7.42. The third kappa shape index (κ3) is 7.64. The maximum Gasteiger partial charge on any atom is 0.125 e. The normalized spacial score (nSPS) is 12.3. The van der Waals surface area contributed by atoms with Crippen LogP contribution in [-0.4, -0.2) is 45.4 Å². The lowest BCUT2D eigenvalue weighted by Crippen LogP contribution is -3.00. The first-order valence-corrected chi connectivity index (χ1v) is 9.20. The molecule has 0 spiro atoms. The molecule has 3 nitrogen and oxygen atoms in total. The number of hydrogen-bond donors (Lipinski definition) is 0. The molecule has 4 heteroatoms. The van der Waals surface area contributed by atoms with E-state index in [9.17, 15) is 0 Å². The quantitative estimate of drug-likeness (QED) is 0.300. The number of rotatable bonds is 10. The van der Waals surface area contributed by atoms with Crippen molar-refractivity contribution in [3.8, 4) is 5.75 Å². The molecule has 2 aromatic rings.